The van der Waals surface area contributed by atoms with Crippen LogP contribution >= 0.6 is 11.8 Å². The average Bonchev–Trinajstić information content (AvgIpc) is 2.27. The van der Waals surface area contributed by atoms with E-state index in [-0.39, 0.29) is 6.10 Å². The maximum absolute atomic E-state index is 9.35. The molecule has 1 rings (SSSR count). The molecule has 0 aliphatic rings. The minimum Gasteiger partial charge on any atom is -0.389 e. The Labute approximate surface area is 96.2 Å². The normalized spacial score (nSPS) is 14.5. The molecule has 0 heterocycles. The smallest absolute Gasteiger partial charge is 0.0718 e. The Morgan fingerprint density at radius 3 is 2.60 bits per heavy atom. The number of benzene rings is 1. The second kappa shape index (κ2) is 6.70. The third kappa shape index (κ3) is 5.05. The van der Waals surface area contributed by atoms with Crippen LogP contribution in [-0.4, -0.2) is 16.5 Å². The van der Waals surface area contributed by atoms with Crippen LogP contribution in [0.3, 0.4) is 0 Å². The highest BCUT2D eigenvalue weighted by Gasteiger charge is 2.06. The largest absolute Gasteiger partial charge is 0.389 e. The number of aliphatic hydroxyl groups is 1. The van der Waals surface area contributed by atoms with Gasteiger partial charge in [0, 0.05) is 10.1 Å². The summed E-state index contributed by atoms with van der Waals surface area (Å²) in [6, 6.07) is 10.4. The molecule has 0 saturated heterocycles. The molecular formula is C13H18OS. The fraction of sp³-hybridized carbons (Fsp3) is 0.385. The highest BCUT2D eigenvalue weighted by molar-refractivity contribution is 7.99. The summed E-state index contributed by atoms with van der Waals surface area (Å²) in [5, 5.41) is 9.88. The first kappa shape index (κ1) is 12.3. The van der Waals surface area contributed by atoms with E-state index in [1.54, 1.807) is 6.08 Å². The molecule has 0 aliphatic carbocycles. The summed E-state index contributed by atoms with van der Waals surface area (Å²) in [6.45, 7) is 5.75. The first-order valence-corrected chi connectivity index (χ1v) is 6.12. The van der Waals surface area contributed by atoms with Crippen molar-refractivity contribution in [3.63, 3.8) is 0 Å². The lowest BCUT2D eigenvalue weighted by Crippen LogP contribution is -2.05. The third-order valence-corrected chi connectivity index (χ3v) is 3.40. The van der Waals surface area contributed by atoms with Crippen LogP contribution in [0.15, 0.2) is 47.9 Å². The molecule has 1 aromatic rings. The first-order valence-electron chi connectivity index (χ1n) is 5.24. The van der Waals surface area contributed by atoms with Crippen LogP contribution in [0, 0.1) is 0 Å². The molecule has 2 unspecified atom stereocenters. The van der Waals surface area contributed by atoms with E-state index in [0.717, 1.165) is 12.8 Å². The monoisotopic (exact) mass is 222 g/mol. The quantitative estimate of drug-likeness (QED) is 0.587. The highest BCUT2D eigenvalue weighted by atomic mass is 32.2. The van der Waals surface area contributed by atoms with Crippen LogP contribution in [0.5, 0.6) is 0 Å². The fourth-order valence-corrected chi connectivity index (χ4v) is 2.35. The molecule has 0 radical (unpaired) electrons. The van der Waals surface area contributed by atoms with Crippen molar-refractivity contribution in [3.8, 4) is 0 Å². The Morgan fingerprint density at radius 1 is 1.33 bits per heavy atom. The Hall–Kier alpha value is -0.730. The Balaban J connectivity index is 2.30. The molecule has 2 heteroatoms. The zero-order chi connectivity index (χ0) is 11.1. The zero-order valence-electron chi connectivity index (χ0n) is 9.10. The summed E-state index contributed by atoms with van der Waals surface area (Å²) in [7, 11) is 0. The summed E-state index contributed by atoms with van der Waals surface area (Å²) < 4.78 is 0. The van der Waals surface area contributed by atoms with Gasteiger partial charge in [0.25, 0.3) is 0 Å². The Kier molecular flexibility index (Phi) is 5.51. The lowest BCUT2D eigenvalue weighted by Gasteiger charge is -2.12. The van der Waals surface area contributed by atoms with Crippen LogP contribution in [0.1, 0.15) is 19.8 Å². The summed E-state index contributed by atoms with van der Waals surface area (Å²) in [4.78, 5) is 1.29. The van der Waals surface area contributed by atoms with Crippen molar-refractivity contribution in [2.75, 3.05) is 0 Å². The van der Waals surface area contributed by atoms with E-state index in [0.29, 0.717) is 5.25 Å². The van der Waals surface area contributed by atoms with E-state index in [2.05, 4.69) is 25.6 Å². The number of hydrogen-bond donors (Lipinski definition) is 1. The second-order valence-electron chi connectivity index (χ2n) is 3.62. The minimum atomic E-state index is -0.358. The number of thioether (sulfide) groups is 1. The van der Waals surface area contributed by atoms with Crippen LogP contribution in [-0.2, 0) is 0 Å². The maximum Gasteiger partial charge on any atom is 0.0718 e. The van der Waals surface area contributed by atoms with E-state index >= 15 is 0 Å². The van der Waals surface area contributed by atoms with Crippen molar-refractivity contribution < 1.29 is 5.11 Å². The van der Waals surface area contributed by atoms with Crippen LogP contribution < -0.4 is 0 Å². The molecular weight excluding hydrogens is 204 g/mol. The van der Waals surface area contributed by atoms with E-state index in [1.807, 2.05) is 30.0 Å². The molecule has 82 valence electrons. The van der Waals surface area contributed by atoms with Crippen molar-refractivity contribution in [2.45, 2.75) is 36.0 Å². The van der Waals surface area contributed by atoms with Gasteiger partial charge in [0.1, 0.15) is 0 Å². The molecule has 1 aromatic carbocycles. The second-order valence-corrected chi connectivity index (χ2v) is 5.13. The van der Waals surface area contributed by atoms with E-state index in [1.165, 1.54) is 4.90 Å². The van der Waals surface area contributed by atoms with Gasteiger partial charge in [-0.3, -0.25) is 0 Å². The SMILES string of the molecule is C=CC(O)CCC(C)Sc1ccccc1. The first-order chi connectivity index (χ1) is 7.22. The molecule has 2 atom stereocenters. The van der Waals surface area contributed by atoms with Gasteiger partial charge in [0.05, 0.1) is 6.10 Å². The molecule has 0 fully saturated rings. The Morgan fingerprint density at radius 2 is 2.00 bits per heavy atom. The molecule has 0 aliphatic heterocycles. The van der Waals surface area contributed by atoms with Crippen LogP contribution in [0.25, 0.3) is 0 Å². The standard InChI is InChI=1S/C13H18OS/c1-3-12(14)10-9-11(2)15-13-7-5-4-6-8-13/h3-8,11-12,14H,1,9-10H2,2H3. The Bertz CT molecular complexity index is 284. The highest BCUT2D eigenvalue weighted by Crippen LogP contribution is 2.25. The maximum atomic E-state index is 9.35. The van der Waals surface area contributed by atoms with Crippen molar-refractivity contribution in [1.82, 2.24) is 0 Å². The summed E-state index contributed by atoms with van der Waals surface area (Å²) in [6.07, 6.45) is 3.04. The van der Waals surface area contributed by atoms with Crippen molar-refractivity contribution in [3.05, 3.63) is 43.0 Å². The predicted molar refractivity (Wildman–Crippen MR) is 67.2 cm³/mol. The van der Waals surface area contributed by atoms with Gasteiger partial charge < -0.3 is 5.11 Å². The molecule has 1 nitrogen and oxygen atoms in total. The third-order valence-electron chi connectivity index (χ3n) is 2.22. The summed E-state index contributed by atoms with van der Waals surface area (Å²) in [5.41, 5.74) is 0. The topological polar surface area (TPSA) is 20.2 Å². The lowest BCUT2D eigenvalue weighted by molar-refractivity contribution is 0.210. The van der Waals surface area contributed by atoms with Crippen LogP contribution in [0.4, 0.5) is 0 Å². The molecule has 1 N–H and O–H groups in total. The molecule has 0 amide bonds. The van der Waals surface area contributed by atoms with Gasteiger partial charge in [-0.1, -0.05) is 31.2 Å². The van der Waals surface area contributed by atoms with Gasteiger partial charge in [-0.05, 0) is 25.0 Å². The predicted octanol–water partition coefficient (Wildman–Crippen LogP) is 3.49. The summed E-state index contributed by atoms with van der Waals surface area (Å²) in [5.74, 6) is 0. The molecule has 15 heavy (non-hydrogen) atoms. The van der Waals surface area contributed by atoms with Gasteiger partial charge >= 0.3 is 0 Å². The van der Waals surface area contributed by atoms with E-state index in [4.69, 9.17) is 0 Å². The molecule has 0 saturated carbocycles. The molecule has 0 bridgehead atoms. The van der Waals surface area contributed by atoms with Gasteiger partial charge in [0.15, 0.2) is 0 Å². The number of rotatable bonds is 6. The lowest BCUT2D eigenvalue weighted by atomic mass is 10.1. The fourth-order valence-electron chi connectivity index (χ4n) is 1.31. The van der Waals surface area contributed by atoms with Crippen molar-refractivity contribution in [2.24, 2.45) is 0 Å². The number of hydrogen-bond acceptors (Lipinski definition) is 2. The van der Waals surface area contributed by atoms with Gasteiger partial charge in [0.2, 0.25) is 0 Å². The van der Waals surface area contributed by atoms with Crippen molar-refractivity contribution >= 4 is 11.8 Å². The molecule has 0 aromatic heterocycles. The van der Waals surface area contributed by atoms with Gasteiger partial charge in [-0.15, -0.1) is 18.3 Å². The average molecular weight is 222 g/mol. The zero-order valence-corrected chi connectivity index (χ0v) is 9.91. The van der Waals surface area contributed by atoms with Gasteiger partial charge in [-0.2, -0.15) is 0 Å². The van der Waals surface area contributed by atoms with Crippen molar-refractivity contribution in [1.29, 1.82) is 0 Å². The van der Waals surface area contributed by atoms with E-state index in [9.17, 15) is 5.11 Å². The van der Waals surface area contributed by atoms with Crippen LogP contribution in [0.2, 0.25) is 0 Å². The summed E-state index contributed by atoms with van der Waals surface area (Å²) >= 11 is 1.85. The number of aliphatic hydroxyl groups excluding tert-OH is 1. The molecule has 0 spiro atoms. The van der Waals surface area contributed by atoms with Gasteiger partial charge in [-0.25, -0.2) is 0 Å². The van der Waals surface area contributed by atoms with E-state index < -0.39 is 0 Å². The minimum absolute atomic E-state index is 0.358.